The molecule has 3 aromatic rings. The van der Waals surface area contributed by atoms with E-state index in [1.807, 2.05) is 93.5 Å². The predicted octanol–water partition coefficient (Wildman–Crippen LogP) is 4.21. The molecule has 0 saturated carbocycles. The van der Waals surface area contributed by atoms with Gasteiger partial charge in [-0.25, -0.2) is 0 Å². The maximum atomic E-state index is 13.0. The highest BCUT2D eigenvalue weighted by Gasteiger charge is 2.32. The normalized spacial score (nSPS) is 16.6. The van der Waals surface area contributed by atoms with Crippen LogP contribution >= 0.6 is 0 Å². The molecule has 1 atom stereocenters. The van der Waals surface area contributed by atoms with Crippen molar-refractivity contribution in [3.05, 3.63) is 94.8 Å². The quantitative estimate of drug-likeness (QED) is 0.292. The molecular formula is C45H55N5O10. The second kappa shape index (κ2) is 19.7. The Morgan fingerprint density at radius 3 is 2.10 bits per heavy atom. The predicted molar refractivity (Wildman–Crippen MR) is 230 cm³/mol. The van der Waals surface area contributed by atoms with Gasteiger partial charge in [0, 0.05) is 80.4 Å². The molecule has 0 aromatic heterocycles. The van der Waals surface area contributed by atoms with Gasteiger partial charge in [0.1, 0.15) is 55.1 Å². The van der Waals surface area contributed by atoms with Gasteiger partial charge in [0.15, 0.2) is 6.61 Å². The zero-order chi connectivity index (χ0) is 42.9. The molecule has 6 rings (SSSR count). The highest BCUT2D eigenvalue weighted by Crippen LogP contribution is 2.49. The molecule has 0 bridgehead atoms. The van der Waals surface area contributed by atoms with E-state index in [9.17, 15) is 14.4 Å². The molecule has 2 heterocycles. The maximum absolute atomic E-state index is 13.0. The van der Waals surface area contributed by atoms with Crippen molar-refractivity contribution >= 4 is 40.5 Å². The number of carbonyl (C=O) groups is 3. The Morgan fingerprint density at radius 2 is 1.47 bits per heavy atom. The van der Waals surface area contributed by atoms with Crippen molar-refractivity contribution in [2.24, 2.45) is 0 Å². The van der Waals surface area contributed by atoms with Crippen LogP contribution in [0.5, 0.6) is 23.0 Å². The van der Waals surface area contributed by atoms with Gasteiger partial charge in [0.05, 0.1) is 38.8 Å². The number of amides is 1. The average Bonchev–Trinajstić information content (AvgIpc) is 3.24. The first-order chi connectivity index (χ1) is 28.9. The molecule has 15 heteroatoms. The Labute approximate surface area is 351 Å². The standard InChI is InChI=1S/C45H55N5O10/c1-29-9-14-35-40(21-29)57-19-20-58-41-24-34(45-32-12-10-30(47(3)4)22-38(32)60-39-23-31(48(5)6)11-13-33(39)45)37(59-28-42(51)46-2)25-36(41)50(27-44(53)55-8)16-18-56-17-15-49(35)26-43(52)54-7/h9-14,21-25,30H,15-20,26-28H2,1-8H3,(H,46,51). The smallest absolute Gasteiger partial charge is 0.325 e. The molecule has 1 N–H and O–H groups in total. The number of allylic oxidation sites excluding steroid dienone is 1. The molecule has 60 heavy (non-hydrogen) atoms. The molecule has 320 valence electrons. The highest BCUT2D eigenvalue weighted by atomic mass is 16.5. The van der Waals surface area contributed by atoms with Gasteiger partial charge in [-0.2, -0.15) is 0 Å². The van der Waals surface area contributed by atoms with Crippen LogP contribution in [0, 0.1) is 6.92 Å². The summed E-state index contributed by atoms with van der Waals surface area (Å²) in [5, 5.41) is 2.64. The van der Waals surface area contributed by atoms with E-state index in [1.54, 1.807) is 18.0 Å². The average molecular weight is 826 g/mol. The molecule has 1 unspecified atom stereocenters. The van der Waals surface area contributed by atoms with E-state index in [0.717, 1.165) is 28.0 Å². The van der Waals surface area contributed by atoms with Crippen LogP contribution in [0.1, 0.15) is 16.7 Å². The van der Waals surface area contributed by atoms with E-state index in [1.165, 1.54) is 14.2 Å². The fraction of sp³-hybridized carbons (Fsp3) is 0.400. The number of esters is 2. The Hall–Kier alpha value is -6.19. The Kier molecular flexibility index (Phi) is 14.3. The van der Waals surface area contributed by atoms with E-state index in [-0.39, 0.29) is 64.6 Å². The lowest BCUT2D eigenvalue weighted by molar-refractivity contribution is -0.139. The summed E-state index contributed by atoms with van der Waals surface area (Å²) in [7, 11) is 12.2. The first kappa shape index (κ1) is 43.4. The van der Waals surface area contributed by atoms with Crippen molar-refractivity contribution < 1.29 is 47.5 Å². The third-order valence-electron chi connectivity index (χ3n) is 10.4. The van der Waals surface area contributed by atoms with Crippen LogP contribution in [0.4, 0.5) is 17.1 Å². The molecule has 3 aliphatic rings. The summed E-state index contributed by atoms with van der Waals surface area (Å²) in [6, 6.07) is 15.5. The Morgan fingerprint density at radius 1 is 0.800 bits per heavy atom. The number of methoxy groups -OCH3 is 2. The summed E-state index contributed by atoms with van der Waals surface area (Å²) < 4.78 is 42.3. The number of rotatable bonds is 10. The van der Waals surface area contributed by atoms with E-state index in [4.69, 9.17) is 33.2 Å². The zero-order valence-electron chi connectivity index (χ0n) is 35.7. The SMILES string of the molecule is CNC(=O)COc1cc2c(cc1C1=C3C=CC(N(C)C)C=C3Oc3cc(N(C)C)ccc31)OCCOc1cc(C)ccc1N(CC(=O)OC)CCOCCN2CC(=O)OC. The number of ether oxygens (including phenoxy) is 7. The van der Waals surface area contributed by atoms with Gasteiger partial charge in [-0.15, -0.1) is 0 Å². The van der Waals surface area contributed by atoms with Gasteiger partial charge in [0.2, 0.25) is 0 Å². The minimum atomic E-state index is -0.480. The van der Waals surface area contributed by atoms with Crippen molar-refractivity contribution in [2.75, 3.05) is 123 Å². The second-order valence-corrected chi connectivity index (χ2v) is 14.9. The maximum Gasteiger partial charge on any atom is 0.325 e. The topological polar surface area (TPSA) is 141 Å². The second-order valence-electron chi connectivity index (χ2n) is 14.9. The zero-order valence-corrected chi connectivity index (χ0v) is 35.7. The van der Waals surface area contributed by atoms with Crippen LogP contribution in [0.3, 0.4) is 0 Å². The largest absolute Gasteiger partial charge is 0.488 e. The molecular weight excluding hydrogens is 771 g/mol. The van der Waals surface area contributed by atoms with Gasteiger partial charge in [-0.1, -0.05) is 18.2 Å². The van der Waals surface area contributed by atoms with Crippen molar-refractivity contribution in [3.63, 3.8) is 0 Å². The summed E-state index contributed by atoms with van der Waals surface area (Å²) in [6.07, 6.45) is 6.23. The minimum Gasteiger partial charge on any atom is -0.488 e. The van der Waals surface area contributed by atoms with Crippen LogP contribution in [-0.2, 0) is 28.6 Å². The number of hydrogen-bond acceptors (Lipinski definition) is 14. The lowest BCUT2D eigenvalue weighted by atomic mass is 9.86. The highest BCUT2D eigenvalue weighted by molar-refractivity contribution is 5.95. The summed E-state index contributed by atoms with van der Waals surface area (Å²) in [6.45, 7) is 2.85. The molecule has 0 saturated heterocycles. The molecule has 0 fully saturated rings. The fourth-order valence-electron chi connectivity index (χ4n) is 7.03. The van der Waals surface area contributed by atoms with Crippen molar-refractivity contribution in [1.29, 1.82) is 0 Å². The molecule has 3 aromatic carbocycles. The summed E-state index contributed by atoms with van der Waals surface area (Å²) in [4.78, 5) is 46.0. The van der Waals surface area contributed by atoms with Gasteiger partial charge >= 0.3 is 11.9 Å². The first-order valence-electron chi connectivity index (χ1n) is 19.8. The number of likely N-dealkylation sites (N-methyl/N-ethyl adjacent to an activating group) is 2. The third-order valence-corrected chi connectivity index (χ3v) is 10.4. The number of hydrogen-bond donors (Lipinski definition) is 1. The Bertz CT molecular complexity index is 2160. The molecule has 1 amide bonds. The van der Waals surface area contributed by atoms with E-state index < -0.39 is 11.9 Å². The lowest BCUT2D eigenvalue weighted by Crippen LogP contribution is -2.36. The van der Waals surface area contributed by atoms with E-state index >= 15 is 0 Å². The van der Waals surface area contributed by atoms with Gasteiger partial charge < -0.3 is 53.2 Å². The molecule has 2 aliphatic heterocycles. The van der Waals surface area contributed by atoms with Crippen LogP contribution in [0.25, 0.3) is 5.57 Å². The van der Waals surface area contributed by atoms with E-state index in [2.05, 4.69) is 22.4 Å². The van der Waals surface area contributed by atoms with Crippen molar-refractivity contribution in [3.8, 4) is 23.0 Å². The first-order valence-corrected chi connectivity index (χ1v) is 19.8. The molecule has 15 nitrogen and oxygen atoms in total. The van der Waals surface area contributed by atoms with Gasteiger partial charge in [-0.3, -0.25) is 19.3 Å². The van der Waals surface area contributed by atoms with Crippen LogP contribution < -0.4 is 39.0 Å². The van der Waals surface area contributed by atoms with Crippen LogP contribution in [0.2, 0.25) is 0 Å². The number of benzene rings is 3. The van der Waals surface area contributed by atoms with Crippen LogP contribution in [0.15, 0.2) is 78.1 Å². The number of anilines is 3. The molecule has 0 spiro atoms. The van der Waals surface area contributed by atoms with Gasteiger partial charge in [0.25, 0.3) is 5.91 Å². The molecule has 1 aliphatic carbocycles. The fourth-order valence-corrected chi connectivity index (χ4v) is 7.03. The summed E-state index contributed by atoms with van der Waals surface area (Å²) >= 11 is 0. The third kappa shape index (κ3) is 10.1. The van der Waals surface area contributed by atoms with Gasteiger partial charge in [-0.05, 0) is 63.0 Å². The Balaban J connectivity index is 1.51. The van der Waals surface area contributed by atoms with Crippen LogP contribution in [-0.4, -0.2) is 137 Å². The lowest BCUT2D eigenvalue weighted by Gasteiger charge is -2.32. The van der Waals surface area contributed by atoms with E-state index in [0.29, 0.717) is 52.2 Å². The number of carbonyl (C=O) groups excluding carboxylic acids is 3. The molecule has 0 radical (unpaired) electrons. The van der Waals surface area contributed by atoms with Crippen molar-refractivity contribution in [1.82, 2.24) is 10.2 Å². The number of nitrogens with one attached hydrogen (secondary N) is 1. The number of fused-ring (bicyclic) bond motifs is 4. The minimum absolute atomic E-state index is 0.0122. The number of nitrogens with zero attached hydrogens (tertiary/aromatic N) is 4. The summed E-state index contributed by atoms with van der Waals surface area (Å²) in [5.41, 5.74) is 6.25. The monoisotopic (exact) mass is 825 g/mol. The number of aryl methyl sites for hydroxylation is 1. The summed E-state index contributed by atoms with van der Waals surface area (Å²) in [5.74, 6) is 1.51. The van der Waals surface area contributed by atoms with Crippen molar-refractivity contribution in [2.45, 2.75) is 13.0 Å².